The predicted molar refractivity (Wildman–Crippen MR) is 134 cm³/mol. The van der Waals surface area contributed by atoms with E-state index in [1.165, 1.54) is 0 Å². The van der Waals surface area contributed by atoms with Crippen LogP contribution in [0.1, 0.15) is 36.6 Å². The van der Waals surface area contributed by atoms with Gasteiger partial charge in [0.1, 0.15) is 6.04 Å². The minimum absolute atomic E-state index is 0.152. The average molecular weight is 483 g/mol. The molecule has 0 aliphatic carbocycles. The normalized spacial score (nSPS) is 11.8. The molecule has 0 aliphatic heterocycles. The monoisotopic (exact) mass is 482 g/mol. The number of carbonyl (C=O) groups excluding carboxylic acids is 2. The Bertz CT molecular complexity index is 1050. The summed E-state index contributed by atoms with van der Waals surface area (Å²) in [5.74, 6) is -0.0611. The number of amides is 2. The Morgan fingerprint density at radius 2 is 1.36 bits per heavy atom. The molecule has 172 valence electrons. The van der Waals surface area contributed by atoms with Crippen LogP contribution in [0.2, 0.25) is 10.0 Å². The molecule has 1 N–H and O–H groups in total. The van der Waals surface area contributed by atoms with Crippen LogP contribution >= 0.6 is 23.2 Å². The van der Waals surface area contributed by atoms with Gasteiger partial charge in [0.25, 0.3) is 0 Å². The van der Waals surface area contributed by atoms with E-state index in [1.807, 2.05) is 68.4 Å². The zero-order chi connectivity index (χ0) is 23.8. The third-order valence-electron chi connectivity index (χ3n) is 5.22. The first kappa shape index (κ1) is 24.8. The van der Waals surface area contributed by atoms with Gasteiger partial charge in [0.15, 0.2) is 0 Å². The van der Waals surface area contributed by atoms with Crippen molar-refractivity contribution < 1.29 is 9.59 Å². The highest BCUT2D eigenvalue weighted by atomic mass is 35.5. The molecule has 0 heterocycles. The Labute approximate surface area is 205 Å². The first-order chi connectivity index (χ1) is 15.8. The lowest BCUT2D eigenvalue weighted by molar-refractivity contribution is -0.141. The standard InChI is InChI=1S/C27H28Cl2N2O2/c1-19(2)17-30-27(33)26(22-6-4-3-5-7-22)31(18-21-10-14-24(29)15-11-21)25(32)16-20-8-12-23(28)13-9-20/h3-15,19,26H,16-18H2,1-2H3,(H,30,33). The Kier molecular flexibility index (Phi) is 8.93. The van der Waals surface area contributed by atoms with Gasteiger partial charge < -0.3 is 10.2 Å². The molecule has 0 radical (unpaired) electrons. The summed E-state index contributed by atoms with van der Waals surface area (Å²) in [7, 11) is 0. The van der Waals surface area contributed by atoms with Gasteiger partial charge in [-0.1, -0.05) is 91.6 Å². The van der Waals surface area contributed by atoms with E-state index >= 15 is 0 Å². The van der Waals surface area contributed by atoms with Gasteiger partial charge in [-0.05, 0) is 46.9 Å². The summed E-state index contributed by atoms with van der Waals surface area (Å²) in [4.78, 5) is 28.6. The van der Waals surface area contributed by atoms with Crippen molar-refractivity contribution in [2.24, 2.45) is 5.92 Å². The smallest absolute Gasteiger partial charge is 0.247 e. The van der Waals surface area contributed by atoms with Crippen molar-refractivity contribution in [3.8, 4) is 0 Å². The zero-order valence-corrected chi connectivity index (χ0v) is 20.3. The maximum absolute atomic E-state index is 13.6. The third kappa shape index (κ3) is 7.34. The van der Waals surface area contributed by atoms with Crippen molar-refractivity contribution in [3.63, 3.8) is 0 Å². The van der Waals surface area contributed by atoms with Crippen LogP contribution in [0.25, 0.3) is 0 Å². The largest absolute Gasteiger partial charge is 0.354 e. The fraction of sp³-hybridized carbons (Fsp3) is 0.259. The van der Waals surface area contributed by atoms with Crippen molar-refractivity contribution in [2.45, 2.75) is 32.9 Å². The molecule has 0 aliphatic rings. The van der Waals surface area contributed by atoms with Crippen LogP contribution in [-0.2, 0) is 22.6 Å². The molecule has 33 heavy (non-hydrogen) atoms. The number of rotatable bonds is 9. The fourth-order valence-electron chi connectivity index (χ4n) is 3.50. The lowest BCUT2D eigenvalue weighted by Gasteiger charge is -2.32. The van der Waals surface area contributed by atoms with E-state index in [1.54, 1.807) is 29.2 Å². The van der Waals surface area contributed by atoms with Crippen molar-refractivity contribution in [1.29, 1.82) is 0 Å². The van der Waals surface area contributed by atoms with Crippen LogP contribution < -0.4 is 5.32 Å². The Morgan fingerprint density at radius 1 is 0.818 bits per heavy atom. The van der Waals surface area contributed by atoms with Gasteiger partial charge in [-0.2, -0.15) is 0 Å². The molecular weight excluding hydrogens is 455 g/mol. The highest BCUT2D eigenvalue weighted by Crippen LogP contribution is 2.26. The SMILES string of the molecule is CC(C)CNC(=O)C(c1ccccc1)N(Cc1ccc(Cl)cc1)C(=O)Cc1ccc(Cl)cc1. The van der Waals surface area contributed by atoms with E-state index in [4.69, 9.17) is 23.2 Å². The number of hydrogen-bond donors (Lipinski definition) is 1. The van der Waals surface area contributed by atoms with Crippen molar-refractivity contribution in [2.75, 3.05) is 6.54 Å². The second kappa shape index (κ2) is 11.9. The minimum Gasteiger partial charge on any atom is -0.354 e. The third-order valence-corrected chi connectivity index (χ3v) is 5.72. The molecule has 3 aromatic carbocycles. The Hall–Kier alpha value is -2.82. The van der Waals surface area contributed by atoms with Crippen LogP contribution in [0, 0.1) is 5.92 Å². The van der Waals surface area contributed by atoms with Gasteiger partial charge in [0.05, 0.1) is 6.42 Å². The van der Waals surface area contributed by atoms with Gasteiger partial charge in [0, 0.05) is 23.1 Å². The molecule has 0 bridgehead atoms. The molecule has 1 unspecified atom stereocenters. The summed E-state index contributed by atoms with van der Waals surface area (Å²) in [5, 5.41) is 4.24. The number of carbonyl (C=O) groups is 2. The quantitative estimate of drug-likeness (QED) is 0.401. The zero-order valence-electron chi connectivity index (χ0n) is 18.8. The highest BCUT2D eigenvalue weighted by molar-refractivity contribution is 6.30. The summed E-state index contributed by atoms with van der Waals surface area (Å²) in [6.45, 7) is 4.88. The minimum atomic E-state index is -0.763. The summed E-state index contributed by atoms with van der Waals surface area (Å²) in [5.41, 5.74) is 2.48. The second-order valence-electron chi connectivity index (χ2n) is 8.40. The van der Waals surface area contributed by atoms with E-state index in [0.29, 0.717) is 22.5 Å². The van der Waals surface area contributed by atoms with Gasteiger partial charge in [-0.3, -0.25) is 9.59 Å². The fourth-order valence-corrected chi connectivity index (χ4v) is 3.75. The summed E-state index contributed by atoms with van der Waals surface area (Å²) in [6.07, 6.45) is 0.158. The lowest BCUT2D eigenvalue weighted by Crippen LogP contribution is -2.44. The van der Waals surface area contributed by atoms with E-state index in [2.05, 4.69) is 5.32 Å². The molecule has 0 saturated heterocycles. The number of nitrogens with zero attached hydrogens (tertiary/aromatic N) is 1. The van der Waals surface area contributed by atoms with Crippen LogP contribution in [-0.4, -0.2) is 23.3 Å². The number of nitrogens with one attached hydrogen (secondary N) is 1. The topological polar surface area (TPSA) is 49.4 Å². The maximum Gasteiger partial charge on any atom is 0.247 e. The molecule has 0 fully saturated rings. The van der Waals surface area contributed by atoms with Gasteiger partial charge in [-0.15, -0.1) is 0 Å². The van der Waals surface area contributed by atoms with Crippen molar-refractivity contribution >= 4 is 35.0 Å². The van der Waals surface area contributed by atoms with E-state index in [9.17, 15) is 9.59 Å². The molecule has 0 spiro atoms. The van der Waals surface area contributed by atoms with Crippen LogP contribution in [0.3, 0.4) is 0 Å². The number of halogens is 2. The molecular formula is C27H28Cl2N2O2. The number of benzene rings is 3. The molecule has 4 nitrogen and oxygen atoms in total. The van der Waals surface area contributed by atoms with Gasteiger partial charge in [0.2, 0.25) is 11.8 Å². The van der Waals surface area contributed by atoms with E-state index < -0.39 is 6.04 Å². The van der Waals surface area contributed by atoms with Gasteiger partial charge in [-0.25, -0.2) is 0 Å². The molecule has 1 atom stereocenters. The molecule has 2 amide bonds. The van der Waals surface area contributed by atoms with E-state index in [-0.39, 0.29) is 24.8 Å². The average Bonchev–Trinajstić information content (AvgIpc) is 2.80. The van der Waals surface area contributed by atoms with Crippen LogP contribution in [0.15, 0.2) is 78.9 Å². The van der Waals surface area contributed by atoms with Gasteiger partial charge >= 0.3 is 0 Å². The molecule has 3 rings (SSSR count). The Morgan fingerprint density at radius 3 is 1.91 bits per heavy atom. The Balaban J connectivity index is 1.98. The number of hydrogen-bond acceptors (Lipinski definition) is 2. The van der Waals surface area contributed by atoms with E-state index in [0.717, 1.165) is 16.7 Å². The second-order valence-corrected chi connectivity index (χ2v) is 9.28. The molecule has 0 aromatic heterocycles. The van der Waals surface area contributed by atoms with Crippen LogP contribution in [0.4, 0.5) is 0 Å². The van der Waals surface area contributed by atoms with Crippen molar-refractivity contribution in [3.05, 3.63) is 106 Å². The summed E-state index contributed by atoms with van der Waals surface area (Å²) in [6, 6.07) is 23.1. The maximum atomic E-state index is 13.6. The predicted octanol–water partition coefficient (Wildman–Crippen LogP) is 6.08. The summed E-state index contributed by atoms with van der Waals surface area (Å²) >= 11 is 12.1. The molecule has 0 saturated carbocycles. The first-order valence-corrected chi connectivity index (χ1v) is 11.7. The van der Waals surface area contributed by atoms with Crippen LogP contribution in [0.5, 0.6) is 0 Å². The molecule has 3 aromatic rings. The van der Waals surface area contributed by atoms with Crippen molar-refractivity contribution in [1.82, 2.24) is 10.2 Å². The lowest BCUT2D eigenvalue weighted by atomic mass is 10.0. The highest BCUT2D eigenvalue weighted by Gasteiger charge is 2.31. The summed E-state index contributed by atoms with van der Waals surface area (Å²) < 4.78 is 0. The molecule has 6 heteroatoms. The first-order valence-electron chi connectivity index (χ1n) is 10.9.